The number of amides is 1. The summed E-state index contributed by atoms with van der Waals surface area (Å²) in [5.74, 6) is 0.0971. The molecular formula is C22H55NO6. The van der Waals surface area contributed by atoms with Crippen LogP contribution in [0.5, 0.6) is 0 Å². The topological polar surface area (TPSA) is 75.3 Å². The van der Waals surface area contributed by atoms with E-state index in [1.165, 1.54) is 0 Å². The van der Waals surface area contributed by atoms with E-state index in [1.54, 1.807) is 14.2 Å². The number of methoxy groups -OCH3 is 2. The van der Waals surface area contributed by atoms with Crippen molar-refractivity contribution < 1.29 is 28.5 Å². The average molecular weight is 430 g/mol. The van der Waals surface area contributed by atoms with Crippen LogP contribution in [0.3, 0.4) is 0 Å². The van der Waals surface area contributed by atoms with Gasteiger partial charge in [0.25, 0.3) is 0 Å². The molecule has 0 aromatic heterocycles. The summed E-state index contributed by atoms with van der Waals surface area (Å²) in [4.78, 5) is 11.3. The number of hydrogen-bond donors (Lipinski definition) is 1. The number of rotatable bonds is 17. The molecule has 0 fully saturated rings. The van der Waals surface area contributed by atoms with Crippen LogP contribution in [-0.2, 0) is 28.5 Å². The van der Waals surface area contributed by atoms with E-state index in [2.05, 4.69) is 5.32 Å². The van der Waals surface area contributed by atoms with Crippen molar-refractivity contribution in [2.45, 2.75) is 75.8 Å². The van der Waals surface area contributed by atoms with Crippen molar-refractivity contribution in [1.82, 2.24) is 5.32 Å². The first-order chi connectivity index (χ1) is 12.2. The molecule has 1 N–H and O–H groups in total. The number of carbonyl (C=O) groups is 1. The van der Waals surface area contributed by atoms with E-state index in [-0.39, 0.29) is 41.7 Å². The molecular weight excluding hydrogens is 374 g/mol. The van der Waals surface area contributed by atoms with E-state index in [1.807, 2.05) is 20.8 Å². The van der Waals surface area contributed by atoms with Gasteiger partial charge in [-0.2, -0.15) is 0 Å². The molecule has 0 aromatic carbocycles. The van der Waals surface area contributed by atoms with Gasteiger partial charge in [0.1, 0.15) is 6.10 Å². The Kier molecular flexibility index (Phi) is 55.5. The van der Waals surface area contributed by atoms with Gasteiger partial charge in [0.2, 0.25) is 5.91 Å². The van der Waals surface area contributed by atoms with Gasteiger partial charge in [-0.25, -0.2) is 0 Å². The van der Waals surface area contributed by atoms with Crippen molar-refractivity contribution >= 4 is 5.91 Å². The minimum absolute atomic E-state index is 0. The van der Waals surface area contributed by atoms with E-state index in [9.17, 15) is 4.79 Å². The van der Waals surface area contributed by atoms with Gasteiger partial charge in [0, 0.05) is 33.8 Å². The van der Waals surface area contributed by atoms with Crippen molar-refractivity contribution in [1.29, 1.82) is 0 Å². The molecule has 1 amide bonds. The largest absolute Gasteiger partial charge is 0.382 e. The Hall–Kier alpha value is -0.730. The fraction of sp³-hybridized carbons (Fsp3) is 0.955. The molecule has 0 aliphatic rings. The third-order valence-electron chi connectivity index (χ3n) is 2.94. The van der Waals surface area contributed by atoms with Crippen molar-refractivity contribution in [3.05, 3.63) is 0 Å². The Labute approximate surface area is 183 Å². The lowest BCUT2D eigenvalue weighted by Crippen LogP contribution is -2.29. The maximum Gasteiger partial charge on any atom is 0.219 e. The predicted molar refractivity (Wildman–Crippen MR) is 126 cm³/mol. The highest BCUT2D eigenvalue weighted by atomic mass is 16.6. The summed E-state index contributed by atoms with van der Waals surface area (Å²) in [5, 5.41) is 2.86. The number of ether oxygens (including phenoxy) is 5. The molecule has 0 radical (unpaired) electrons. The van der Waals surface area contributed by atoms with Crippen LogP contribution in [0, 0.1) is 0 Å². The molecule has 0 bridgehead atoms. The van der Waals surface area contributed by atoms with Gasteiger partial charge in [0.05, 0.1) is 39.6 Å². The van der Waals surface area contributed by atoms with Gasteiger partial charge in [-0.1, -0.05) is 50.5 Å². The van der Waals surface area contributed by atoms with Gasteiger partial charge in [0.15, 0.2) is 0 Å². The SMILES string of the molecule is C.C.C.C.CC.CCCC(=O)NCCCOCC(COCCOC)OCCOC. The van der Waals surface area contributed by atoms with E-state index >= 15 is 0 Å². The van der Waals surface area contributed by atoms with Gasteiger partial charge >= 0.3 is 0 Å². The summed E-state index contributed by atoms with van der Waals surface area (Å²) < 4.78 is 26.6. The van der Waals surface area contributed by atoms with Crippen LogP contribution in [0.4, 0.5) is 0 Å². The van der Waals surface area contributed by atoms with Crippen LogP contribution < -0.4 is 5.32 Å². The van der Waals surface area contributed by atoms with Crippen LogP contribution in [0.1, 0.15) is 69.7 Å². The third kappa shape index (κ3) is 35.1. The fourth-order valence-corrected chi connectivity index (χ4v) is 1.73. The summed E-state index contributed by atoms with van der Waals surface area (Å²) in [7, 11) is 3.27. The third-order valence-corrected chi connectivity index (χ3v) is 2.94. The monoisotopic (exact) mass is 429 g/mol. The zero-order valence-electron chi connectivity index (χ0n) is 16.8. The normalized spacial score (nSPS) is 9.97. The van der Waals surface area contributed by atoms with Crippen LogP contribution in [-0.4, -0.2) is 79.0 Å². The number of carbonyl (C=O) groups excluding carboxylic acids is 1. The molecule has 7 nitrogen and oxygen atoms in total. The minimum atomic E-state index is -0.128. The van der Waals surface area contributed by atoms with Crippen molar-refractivity contribution in [2.75, 3.05) is 67.0 Å². The summed E-state index contributed by atoms with van der Waals surface area (Å²) in [6, 6.07) is 0. The van der Waals surface area contributed by atoms with E-state index < -0.39 is 0 Å². The highest BCUT2D eigenvalue weighted by Gasteiger charge is 2.10. The van der Waals surface area contributed by atoms with Gasteiger partial charge in [-0.05, 0) is 12.8 Å². The summed E-state index contributed by atoms with van der Waals surface area (Å²) in [6.07, 6.45) is 2.10. The van der Waals surface area contributed by atoms with Crippen LogP contribution >= 0.6 is 0 Å². The second-order valence-electron chi connectivity index (χ2n) is 5.08. The first kappa shape index (κ1) is 42.4. The molecule has 1 unspecified atom stereocenters. The van der Waals surface area contributed by atoms with Gasteiger partial charge < -0.3 is 29.0 Å². The highest BCUT2D eigenvalue weighted by molar-refractivity contribution is 5.75. The van der Waals surface area contributed by atoms with Crippen LogP contribution in [0.15, 0.2) is 0 Å². The Morgan fingerprint density at radius 2 is 1.34 bits per heavy atom. The van der Waals surface area contributed by atoms with Gasteiger partial charge in [-0.15, -0.1) is 0 Å². The summed E-state index contributed by atoms with van der Waals surface area (Å²) in [6.45, 7) is 10.3. The second kappa shape index (κ2) is 37.9. The Morgan fingerprint density at radius 1 is 0.828 bits per heavy atom. The van der Waals surface area contributed by atoms with E-state index in [0.717, 1.165) is 12.8 Å². The lowest BCUT2D eigenvalue weighted by molar-refractivity contribution is -0.121. The number of hydrogen-bond acceptors (Lipinski definition) is 6. The fourth-order valence-electron chi connectivity index (χ4n) is 1.73. The quantitative estimate of drug-likeness (QED) is 0.341. The molecule has 29 heavy (non-hydrogen) atoms. The average Bonchev–Trinajstić information content (AvgIpc) is 2.63. The Bertz CT molecular complexity index is 268. The minimum Gasteiger partial charge on any atom is -0.382 e. The van der Waals surface area contributed by atoms with Crippen LogP contribution in [0.2, 0.25) is 0 Å². The summed E-state index contributed by atoms with van der Waals surface area (Å²) in [5.41, 5.74) is 0. The predicted octanol–water partition coefficient (Wildman–Crippen LogP) is 4.57. The molecule has 0 rings (SSSR count). The maximum absolute atomic E-state index is 11.3. The number of nitrogens with one attached hydrogen (secondary N) is 1. The molecule has 0 aliphatic carbocycles. The van der Waals surface area contributed by atoms with Gasteiger partial charge in [-0.3, -0.25) is 4.79 Å². The summed E-state index contributed by atoms with van der Waals surface area (Å²) >= 11 is 0. The molecule has 184 valence electrons. The molecule has 1 atom stereocenters. The van der Waals surface area contributed by atoms with E-state index in [0.29, 0.717) is 59.2 Å². The zero-order chi connectivity index (χ0) is 19.2. The Balaban J connectivity index is -0.000000213. The highest BCUT2D eigenvalue weighted by Crippen LogP contribution is 1.97. The van der Waals surface area contributed by atoms with Crippen molar-refractivity contribution in [3.63, 3.8) is 0 Å². The smallest absolute Gasteiger partial charge is 0.219 e. The standard InChI is InChI=1S/C16H33NO6.C2H6.4CH4/c1-4-6-16(18)17-7-5-8-21-13-15(23-12-10-20-3)14-22-11-9-19-2;1-2;;;;/h15H,4-14H2,1-3H3,(H,17,18);1-2H3;4*1H4. The lowest BCUT2D eigenvalue weighted by atomic mass is 10.3. The molecule has 7 heteroatoms. The van der Waals surface area contributed by atoms with E-state index in [4.69, 9.17) is 23.7 Å². The molecule has 0 saturated heterocycles. The molecule has 0 aliphatic heterocycles. The maximum atomic E-state index is 11.3. The molecule has 0 saturated carbocycles. The Morgan fingerprint density at radius 3 is 1.86 bits per heavy atom. The first-order valence-corrected chi connectivity index (χ1v) is 9.26. The zero-order valence-corrected chi connectivity index (χ0v) is 16.8. The molecule has 0 spiro atoms. The van der Waals surface area contributed by atoms with Crippen molar-refractivity contribution in [3.8, 4) is 0 Å². The van der Waals surface area contributed by atoms with Crippen LogP contribution in [0.25, 0.3) is 0 Å². The van der Waals surface area contributed by atoms with Crippen molar-refractivity contribution in [2.24, 2.45) is 0 Å². The second-order valence-corrected chi connectivity index (χ2v) is 5.08. The molecule has 0 aromatic rings. The molecule has 0 heterocycles. The first-order valence-electron chi connectivity index (χ1n) is 9.26. The lowest BCUT2D eigenvalue weighted by Gasteiger charge is -2.18.